The fourth-order valence-corrected chi connectivity index (χ4v) is 2.25. The summed E-state index contributed by atoms with van der Waals surface area (Å²) in [6.45, 7) is 1.92. The molecule has 0 aliphatic carbocycles. The van der Waals surface area contributed by atoms with Gasteiger partial charge in [-0.15, -0.1) is 0 Å². The van der Waals surface area contributed by atoms with Crippen LogP contribution in [-0.2, 0) is 16.1 Å². The van der Waals surface area contributed by atoms with Crippen LogP contribution in [-0.4, -0.2) is 40.2 Å². The molecule has 1 amide bonds. The van der Waals surface area contributed by atoms with Crippen LogP contribution >= 0.6 is 11.8 Å². The van der Waals surface area contributed by atoms with Crippen molar-refractivity contribution in [2.24, 2.45) is 5.92 Å². The van der Waals surface area contributed by atoms with Gasteiger partial charge in [0.25, 0.3) is 0 Å². The number of thioether (sulfide) groups is 1. The van der Waals surface area contributed by atoms with Crippen LogP contribution in [0.15, 0.2) is 12.3 Å². The molecule has 0 saturated carbocycles. The van der Waals surface area contributed by atoms with E-state index in [4.69, 9.17) is 4.74 Å². The van der Waals surface area contributed by atoms with Crippen LogP contribution < -0.4 is 5.32 Å². The number of nitrogens with one attached hydrogen (secondary N) is 1. The Balaban J connectivity index is 1.86. The number of ether oxygens (including phenoxy) is 1. The molecule has 2 rings (SSSR count). The topological polar surface area (TPSA) is 56.2 Å². The van der Waals surface area contributed by atoms with E-state index in [0.717, 1.165) is 6.42 Å². The van der Waals surface area contributed by atoms with E-state index in [9.17, 15) is 18.0 Å². The van der Waals surface area contributed by atoms with E-state index in [1.165, 1.54) is 6.20 Å². The first-order chi connectivity index (χ1) is 9.44. The lowest BCUT2D eigenvalue weighted by atomic mass is 10.1. The van der Waals surface area contributed by atoms with E-state index in [2.05, 4.69) is 10.4 Å². The van der Waals surface area contributed by atoms with Crippen molar-refractivity contribution in [1.82, 2.24) is 9.78 Å². The molecule has 1 aliphatic rings. The number of nitrogens with zero attached hydrogens (tertiary/aromatic N) is 2. The number of alkyl halides is 3. The highest BCUT2D eigenvalue weighted by atomic mass is 32.2. The van der Waals surface area contributed by atoms with Crippen LogP contribution in [0.1, 0.15) is 6.42 Å². The van der Waals surface area contributed by atoms with Gasteiger partial charge >= 0.3 is 5.51 Å². The molecule has 1 saturated heterocycles. The van der Waals surface area contributed by atoms with Crippen molar-refractivity contribution in [3.8, 4) is 0 Å². The van der Waals surface area contributed by atoms with Crippen molar-refractivity contribution in [2.75, 3.05) is 24.3 Å². The fourth-order valence-electron chi connectivity index (χ4n) is 1.88. The molecule has 1 aliphatic heterocycles. The lowest BCUT2D eigenvalue weighted by Gasteiger charge is -2.12. The van der Waals surface area contributed by atoms with Crippen molar-refractivity contribution in [3.05, 3.63) is 12.3 Å². The molecule has 0 bridgehead atoms. The first kappa shape index (κ1) is 15.2. The minimum atomic E-state index is -4.40. The quantitative estimate of drug-likeness (QED) is 0.905. The van der Waals surface area contributed by atoms with Gasteiger partial charge in [-0.2, -0.15) is 18.3 Å². The van der Waals surface area contributed by atoms with Crippen LogP contribution in [0.3, 0.4) is 0 Å². The molecule has 1 aromatic rings. The second-order valence-corrected chi connectivity index (χ2v) is 5.45. The predicted octanol–water partition coefficient (Wildman–Crippen LogP) is 2.11. The van der Waals surface area contributed by atoms with Crippen LogP contribution in [0.4, 0.5) is 19.0 Å². The maximum atomic E-state index is 12.0. The van der Waals surface area contributed by atoms with E-state index in [-0.39, 0.29) is 11.8 Å². The highest BCUT2D eigenvalue weighted by Crippen LogP contribution is 2.30. The molecule has 112 valence electrons. The van der Waals surface area contributed by atoms with Crippen molar-refractivity contribution in [1.29, 1.82) is 0 Å². The zero-order chi connectivity index (χ0) is 14.6. The minimum Gasteiger partial charge on any atom is -0.381 e. The maximum absolute atomic E-state index is 12.0. The molecule has 1 fully saturated rings. The summed E-state index contributed by atoms with van der Waals surface area (Å²) in [5.74, 6) is -0.641. The Hall–Kier alpha value is -1.22. The molecule has 0 spiro atoms. The average molecular weight is 309 g/mol. The highest BCUT2D eigenvalue weighted by molar-refractivity contribution is 8.00. The summed E-state index contributed by atoms with van der Waals surface area (Å²) < 4.78 is 42.8. The molecule has 0 aromatic carbocycles. The molecule has 9 heteroatoms. The summed E-state index contributed by atoms with van der Waals surface area (Å²) >= 11 is -0.359. The number of amides is 1. The van der Waals surface area contributed by atoms with Gasteiger partial charge in [0, 0.05) is 25.1 Å². The first-order valence-corrected chi connectivity index (χ1v) is 7.03. The highest BCUT2D eigenvalue weighted by Gasteiger charge is 2.29. The van der Waals surface area contributed by atoms with Gasteiger partial charge in [-0.05, 0) is 18.2 Å². The zero-order valence-electron chi connectivity index (χ0n) is 10.5. The standard InChI is InChI=1S/C11H14F3N3O2S/c12-11(13,14)20-7-10(18)16-9-1-3-15-17(9)5-8-2-4-19-6-8/h1,3,8H,2,4-7H2,(H,16,18)/t8-/m0/s1. The zero-order valence-corrected chi connectivity index (χ0v) is 11.3. The second-order valence-electron chi connectivity index (χ2n) is 4.41. The second kappa shape index (κ2) is 6.49. The number of hydrogen-bond donors (Lipinski definition) is 1. The van der Waals surface area contributed by atoms with E-state index < -0.39 is 17.2 Å². The summed E-state index contributed by atoms with van der Waals surface area (Å²) in [5.41, 5.74) is -4.40. The molecule has 0 radical (unpaired) electrons. The Morgan fingerprint density at radius 1 is 1.60 bits per heavy atom. The van der Waals surface area contributed by atoms with Gasteiger partial charge in [-0.1, -0.05) is 0 Å². The number of aromatic nitrogens is 2. The molecule has 1 atom stereocenters. The van der Waals surface area contributed by atoms with Crippen LogP contribution in [0.25, 0.3) is 0 Å². The van der Waals surface area contributed by atoms with Gasteiger partial charge in [0.15, 0.2) is 0 Å². The predicted molar refractivity (Wildman–Crippen MR) is 68.3 cm³/mol. The van der Waals surface area contributed by atoms with Gasteiger partial charge in [-0.25, -0.2) is 4.68 Å². The maximum Gasteiger partial charge on any atom is 0.442 e. The molecule has 1 aromatic heterocycles. The summed E-state index contributed by atoms with van der Waals surface area (Å²) in [7, 11) is 0. The van der Waals surface area contributed by atoms with Crippen molar-refractivity contribution in [2.45, 2.75) is 18.5 Å². The van der Waals surface area contributed by atoms with Crippen LogP contribution in [0, 0.1) is 5.92 Å². The third-order valence-corrected chi connectivity index (χ3v) is 3.54. The number of carbonyl (C=O) groups excluding carboxylic acids is 1. The molecule has 2 heterocycles. The average Bonchev–Trinajstić information content (AvgIpc) is 2.99. The molecule has 0 unspecified atom stereocenters. The van der Waals surface area contributed by atoms with Gasteiger partial charge in [-0.3, -0.25) is 4.79 Å². The Bertz CT molecular complexity index is 458. The molecular formula is C11H14F3N3O2S. The number of carbonyl (C=O) groups is 1. The summed E-state index contributed by atoms with van der Waals surface area (Å²) in [6, 6.07) is 1.56. The van der Waals surface area contributed by atoms with E-state index in [0.29, 0.717) is 31.5 Å². The first-order valence-electron chi connectivity index (χ1n) is 6.04. The number of anilines is 1. The fraction of sp³-hybridized carbons (Fsp3) is 0.636. The minimum absolute atomic E-state index is 0.315. The largest absolute Gasteiger partial charge is 0.442 e. The van der Waals surface area contributed by atoms with Gasteiger partial charge in [0.2, 0.25) is 5.91 Å². The molecule has 5 nitrogen and oxygen atoms in total. The summed E-state index contributed by atoms with van der Waals surface area (Å²) in [4.78, 5) is 11.4. The smallest absolute Gasteiger partial charge is 0.381 e. The normalized spacial score (nSPS) is 19.2. The number of rotatable bonds is 5. The molecular weight excluding hydrogens is 295 g/mol. The molecule has 20 heavy (non-hydrogen) atoms. The Morgan fingerprint density at radius 2 is 2.40 bits per heavy atom. The van der Waals surface area contributed by atoms with Gasteiger partial charge in [0.05, 0.1) is 18.6 Å². The number of halogens is 3. The van der Waals surface area contributed by atoms with E-state index in [1.54, 1.807) is 10.7 Å². The van der Waals surface area contributed by atoms with Crippen molar-refractivity contribution < 1.29 is 22.7 Å². The third-order valence-electron chi connectivity index (χ3n) is 2.81. The molecule has 1 N–H and O–H groups in total. The van der Waals surface area contributed by atoms with Crippen molar-refractivity contribution >= 4 is 23.5 Å². The SMILES string of the molecule is O=C(CSC(F)(F)F)Nc1ccnn1C[C@@H]1CCOC1. The Labute approximate surface area is 117 Å². The van der Waals surface area contributed by atoms with Crippen molar-refractivity contribution in [3.63, 3.8) is 0 Å². The summed E-state index contributed by atoms with van der Waals surface area (Å²) in [5, 5.41) is 6.50. The third kappa shape index (κ3) is 4.71. The monoisotopic (exact) mass is 309 g/mol. The Morgan fingerprint density at radius 3 is 3.05 bits per heavy atom. The lowest BCUT2D eigenvalue weighted by Crippen LogP contribution is -2.21. The summed E-state index contributed by atoms with van der Waals surface area (Å²) in [6.07, 6.45) is 2.42. The van der Waals surface area contributed by atoms with E-state index >= 15 is 0 Å². The van der Waals surface area contributed by atoms with Gasteiger partial charge in [0.1, 0.15) is 5.82 Å². The lowest BCUT2D eigenvalue weighted by molar-refractivity contribution is -0.114. The number of hydrogen-bond acceptors (Lipinski definition) is 4. The van der Waals surface area contributed by atoms with E-state index in [1.807, 2.05) is 0 Å². The van der Waals surface area contributed by atoms with Crippen LogP contribution in [0.2, 0.25) is 0 Å². The Kier molecular flexibility index (Phi) is 4.92. The van der Waals surface area contributed by atoms with Gasteiger partial charge < -0.3 is 10.1 Å². The van der Waals surface area contributed by atoms with Crippen LogP contribution in [0.5, 0.6) is 0 Å².